The Labute approximate surface area is 172 Å². The van der Waals surface area contributed by atoms with E-state index in [-0.39, 0.29) is 42.2 Å². The van der Waals surface area contributed by atoms with E-state index in [0.29, 0.717) is 37.0 Å². The largest absolute Gasteiger partial charge is 0.357 e. The summed E-state index contributed by atoms with van der Waals surface area (Å²) in [5.41, 5.74) is 0.560. The summed E-state index contributed by atoms with van der Waals surface area (Å²) in [4.78, 5) is 16.3. The summed E-state index contributed by atoms with van der Waals surface area (Å²) < 4.78 is 13.6. The SMILES string of the molecule is CCNC(=NCc1ccccc1F)NCCNC(=O)CC1CCCC1.I. The second kappa shape index (κ2) is 12.9. The Bertz CT molecular complexity index is 576. The molecule has 0 atom stereocenters. The molecule has 0 spiro atoms. The van der Waals surface area contributed by atoms with Crippen LogP contribution in [0.3, 0.4) is 0 Å². The van der Waals surface area contributed by atoms with Gasteiger partial charge < -0.3 is 16.0 Å². The number of halogens is 2. The molecule has 1 amide bonds. The standard InChI is InChI=1S/C19H29FN4O.HI/c1-2-21-19(24-14-16-9-5-6-10-17(16)20)23-12-11-22-18(25)13-15-7-3-4-8-15;/h5-6,9-10,15H,2-4,7-8,11-14H2,1H3,(H,22,25)(H2,21,23,24);1H. The highest BCUT2D eigenvalue weighted by molar-refractivity contribution is 14.0. The van der Waals surface area contributed by atoms with Crippen molar-refractivity contribution < 1.29 is 9.18 Å². The maximum Gasteiger partial charge on any atom is 0.220 e. The molecule has 0 aromatic heterocycles. The van der Waals surface area contributed by atoms with Gasteiger partial charge in [-0.05, 0) is 31.7 Å². The van der Waals surface area contributed by atoms with E-state index in [0.717, 1.165) is 6.54 Å². The number of hydrogen-bond donors (Lipinski definition) is 3. The fourth-order valence-electron chi connectivity index (χ4n) is 3.06. The molecule has 1 aromatic carbocycles. The molecular formula is C19H30FIN4O. The molecule has 1 saturated carbocycles. The third-order valence-electron chi connectivity index (χ3n) is 4.40. The summed E-state index contributed by atoms with van der Waals surface area (Å²) in [5.74, 6) is 1.06. The Hall–Kier alpha value is -1.38. The molecule has 146 valence electrons. The molecule has 1 aliphatic rings. The number of carbonyl (C=O) groups excluding carboxylic acids is 1. The van der Waals surface area contributed by atoms with Crippen molar-refractivity contribution in [2.24, 2.45) is 10.9 Å². The number of benzene rings is 1. The van der Waals surface area contributed by atoms with Crippen molar-refractivity contribution in [1.82, 2.24) is 16.0 Å². The van der Waals surface area contributed by atoms with Crippen molar-refractivity contribution in [2.45, 2.75) is 45.6 Å². The molecule has 7 heteroatoms. The Morgan fingerprint density at radius 1 is 1.15 bits per heavy atom. The second-order valence-electron chi connectivity index (χ2n) is 6.42. The number of carbonyl (C=O) groups is 1. The van der Waals surface area contributed by atoms with E-state index in [1.54, 1.807) is 18.2 Å². The molecule has 0 bridgehead atoms. The summed E-state index contributed by atoms with van der Waals surface area (Å²) in [6, 6.07) is 6.63. The zero-order valence-electron chi connectivity index (χ0n) is 15.4. The molecule has 0 aliphatic heterocycles. The highest BCUT2D eigenvalue weighted by atomic mass is 127. The van der Waals surface area contributed by atoms with Crippen molar-refractivity contribution in [3.8, 4) is 0 Å². The molecule has 0 radical (unpaired) electrons. The van der Waals surface area contributed by atoms with Crippen LogP contribution in [0.15, 0.2) is 29.3 Å². The average molecular weight is 476 g/mol. The van der Waals surface area contributed by atoms with Crippen LogP contribution in [0.4, 0.5) is 4.39 Å². The Balaban J connectivity index is 0.00000338. The number of amides is 1. The van der Waals surface area contributed by atoms with Crippen molar-refractivity contribution in [1.29, 1.82) is 0 Å². The number of guanidine groups is 1. The van der Waals surface area contributed by atoms with Crippen molar-refractivity contribution >= 4 is 35.8 Å². The molecule has 5 nitrogen and oxygen atoms in total. The number of aliphatic imine (C=N–C) groups is 1. The lowest BCUT2D eigenvalue weighted by Gasteiger charge is -2.13. The first-order chi connectivity index (χ1) is 12.2. The van der Waals surface area contributed by atoms with Gasteiger partial charge >= 0.3 is 0 Å². The van der Waals surface area contributed by atoms with E-state index in [9.17, 15) is 9.18 Å². The van der Waals surface area contributed by atoms with Gasteiger partial charge in [-0.3, -0.25) is 4.79 Å². The van der Waals surface area contributed by atoms with Gasteiger partial charge in [0.1, 0.15) is 5.82 Å². The van der Waals surface area contributed by atoms with Crippen molar-refractivity contribution in [3.63, 3.8) is 0 Å². The molecular weight excluding hydrogens is 446 g/mol. The summed E-state index contributed by atoms with van der Waals surface area (Å²) in [5, 5.41) is 9.23. The highest BCUT2D eigenvalue weighted by Crippen LogP contribution is 2.27. The molecule has 1 fully saturated rings. The molecule has 1 aliphatic carbocycles. The van der Waals surface area contributed by atoms with Crippen molar-refractivity contribution in [3.05, 3.63) is 35.6 Å². The number of nitrogens with one attached hydrogen (secondary N) is 3. The van der Waals surface area contributed by atoms with Crippen LogP contribution in [0, 0.1) is 11.7 Å². The van der Waals surface area contributed by atoms with E-state index in [1.165, 1.54) is 31.7 Å². The third kappa shape index (κ3) is 8.33. The summed E-state index contributed by atoms with van der Waals surface area (Å²) >= 11 is 0. The van der Waals surface area contributed by atoms with E-state index < -0.39 is 0 Å². The van der Waals surface area contributed by atoms with Crippen LogP contribution in [-0.2, 0) is 11.3 Å². The van der Waals surface area contributed by atoms with E-state index >= 15 is 0 Å². The predicted octanol–water partition coefficient (Wildman–Crippen LogP) is 3.20. The molecule has 0 saturated heterocycles. The van der Waals surface area contributed by atoms with Crippen molar-refractivity contribution in [2.75, 3.05) is 19.6 Å². The summed E-state index contributed by atoms with van der Waals surface area (Å²) in [6.07, 6.45) is 5.51. The lowest BCUT2D eigenvalue weighted by Crippen LogP contribution is -2.41. The monoisotopic (exact) mass is 476 g/mol. The first kappa shape index (κ1) is 22.7. The first-order valence-corrected chi connectivity index (χ1v) is 9.21. The predicted molar refractivity (Wildman–Crippen MR) is 114 cm³/mol. The highest BCUT2D eigenvalue weighted by Gasteiger charge is 2.17. The molecule has 0 unspecified atom stereocenters. The molecule has 3 N–H and O–H groups in total. The van der Waals surface area contributed by atoms with Gasteiger partial charge in [-0.1, -0.05) is 31.0 Å². The topological polar surface area (TPSA) is 65.5 Å². The van der Waals surface area contributed by atoms with Gasteiger partial charge in [0.2, 0.25) is 5.91 Å². The van der Waals surface area contributed by atoms with Gasteiger partial charge in [0.25, 0.3) is 0 Å². The van der Waals surface area contributed by atoms with Crippen LogP contribution in [0.1, 0.15) is 44.6 Å². The molecule has 2 rings (SSSR count). The van der Waals surface area contributed by atoms with E-state index in [4.69, 9.17) is 0 Å². The fraction of sp³-hybridized carbons (Fsp3) is 0.579. The normalized spacial score (nSPS) is 14.6. The Kier molecular flexibility index (Phi) is 11.2. The van der Waals surface area contributed by atoms with Crippen LogP contribution in [0.25, 0.3) is 0 Å². The minimum atomic E-state index is -0.249. The van der Waals surface area contributed by atoms with Crippen LogP contribution >= 0.6 is 24.0 Å². The number of hydrogen-bond acceptors (Lipinski definition) is 2. The number of rotatable bonds is 8. The zero-order valence-corrected chi connectivity index (χ0v) is 17.7. The second-order valence-corrected chi connectivity index (χ2v) is 6.42. The van der Waals surface area contributed by atoms with Crippen LogP contribution in [0.5, 0.6) is 0 Å². The van der Waals surface area contributed by atoms with Gasteiger partial charge in [0.05, 0.1) is 6.54 Å². The fourth-order valence-corrected chi connectivity index (χ4v) is 3.06. The van der Waals surface area contributed by atoms with Gasteiger partial charge in [-0.2, -0.15) is 0 Å². The van der Waals surface area contributed by atoms with E-state index in [2.05, 4.69) is 20.9 Å². The molecule has 0 heterocycles. The van der Waals surface area contributed by atoms with Crippen LogP contribution in [-0.4, -0.2) is 31.5 Å². The molecule has 26 heavy (non-hydrogen) atoms. The van der Waals surface area contributed by atoms with Gasteiger partial charge in [-0.25, -0.2) is 9.38 Å². The number of nitrogens with zero attached hydrogens (tertiary/aromatic N) is 1. The Morgan fingerprint density at radius 3 is 2.54 bits per heavy atom. The lowest BCUT2D eigenvalue weighted by molar-refractivity contribution is -0.121. The first-order valence-electron chi connectivity index (χ1n) is 9.21. The molecule has 1 aromatic rings. The lowest BCUT2D eigenvalue weighted by atomic mass is 10.0. The average Bonchev–Trinajstić information content (AvgIpc) is 3.10. The smallest absolute Gasteiger partial charge is 0.220 e. The van der Waals surface area contributed by atoms with Crippen LogP contribution in [0.2, 0.25) is 0 Å². The summed E-state index contributed by atoms with van der Waals surface area (Å²) in [6.45, 7) is 4.10. The van der Waals surface area contributed by atoms with Crippen LogP contribution < -0.4 is 16.0 Å². The maximum atomic E-state index is 13.6. The summed E-state index contributed by atoms with van der Waals surface area (Å²) in [7, 11) is 0. The maximum absolute atomic E-state index is 13.6. The minimum absolute atomic E-state index is 0. The third-order valence-corrected chi connectivity index (χ3v) is 4.40. The van der Waals surface area contributed by atoms with Gasteiger partial charge in [-0.15, -0.1) is 24.0 Å². The Morgan fingerprint density at radius 2 is 1.85 bits per heavy atom. The van der Waals surface area contributed by atoms with Gasteiger partial charge in [0, 0.05) is 31.6 Å². The minimum Gasteiger partial charge on any atom is -0.357 e. The van der Waals surface area contributed by atoms with Gasteiger partial charge in [0.15, 0.2) is 5.96 Å². The zero-order chi connectivity index (χ0) is 17.9. The van der Waals surface area contributed by atoms with E-state index in [1.807, 2.05) is 6.92 Å². The quantitative estimate of drug-likeness (QED) is 0.234.